The first kappa shape index (κ1) is 23.4. The summed E-state index contributed by atoms with van der Waals surface area (Å²) >= 11 is 7.75. The molecule has 0 unspecified atom stereocenters. The molecule has 1 aromatic carbocycles. The maximum absolute atomic E-state index is 9.22. The second-order valence-corrected chi connectivity index (χ2v) is 9.11. The molecule has 3 aromatic heterocycles. The van der Waals surface area contributed by atoms with Crippen LogP contribution in [0.1, 0.15) is 45.7 Å². The van der Waals surface area contributed by atoms with E-state index in [0.29, 0.717) is 11.6 Å². The molecule has 4 heterocycles. The lowest BCUT2D eigenvalue weighted by Gasteiger charge is -2.09. The number of nitrogens with two attached hydrogens (primary N) is 1. The predicted octanol–water partition coefficient (Wildman–Crippen LogP) is 3.57. The van der Waals surface area contributed by atoms with Crippen molar-refractivity contribution in [2.45, 2.75) is 27.3 Å². The van der Waals surface area contributed by atoms with Crippen LogP contribution in [0.15, 0.2) is 41.7 Å². The summed E-state index contributed by atoms with van der Waals surface area (Å²) in [6.45, 7) is 5.83. The summed E-state index contributed by atoms with van der Waals surface area (Å²) in [4.78, 5) is 15.1. The van der Waals surface area contributed by atoms with E-state index in [0.717, 1.165) is 49.5 Å². The topological polar surface area (TPSA) is 104 Å². The molecule has 0 atom stereocenters. The van der Waals surface area contributed by atoms with Crippen molar-refractivity contribution in [2.24, 2.45) is 17.8 Å². The molecule has 5 rings (SSSR count). The molecule has 0 fully saturated rings. The van der Waals surface area contributed by atoms with E-state index in [1.165, 1.54) is 6.92 Å². The van der Waals surface area contributed by atoms with Crippen molar-refractivity contribution in [1.82, 2.24) is 24.5 Å². The molecule has 0 saturated carbocycles. The number of halogens is 1. The van der Waals surface area contributed by atoms with Crippen molar-refractivity contribution in [3.8, 4) is 16.8 Å². The quantitative estimate of drug-likeness (QED) is 0.411. The van der Waals surface area contributed by atoms with Gasteiger partial charge in [0.2, 0.25) is 5.91 Å². The number of aliphatic imine (C=N–C) groups is 1. The van der Waals surface area contributed by atoms with Crippen molar-refractivity contribution >= 4 is 34.6 Å². The Morgan fingerprint density at radius 2 is 1.88 bits per heavy atom. The highest BCUT2D eigenvalue weighted by Gasteiger charge is 2.27. The Balaban J connectivity index is 0.000000636. The fraction of sp³-hybridized carbons (Fsp3) is 0.208. The van der Waals surface area contributed by atoms with Gasteiger partial charge in [0.25, 0.3) is 0 Å². The first-order valence-electron chi connectivity index (χ1n) is 10.4. The van der Waals surface area contributed by atoms with E-state index in [2.05, 4.69) is 44.4 Å². The van der Waals surface area contributed by atoms with Crippen molar-refractivity contribution in [2.75, 3.05) is 0 Å². The molecule has 34 heavy (non-hydrogen) atoms. The van der Waals surface area contributed by atoms with Gasteiger partial charge >= 0.3 is 0 Å². The molecule has 1 aliphatic rings. The molecule has 2 N–H and O–H groups in total. The molecule has 0 bridgehead atoms. The van der Waals surface area contributed by atoms with E-state index >= 15 is 0 Å². The van der Waals surface area contributed by atoms with Gasteiger partial charge in [0.05, 0.1) is 22.3 Å². The van der Waals surface area contributed by atoms with Crippen LogP contribution in [0.4, 0.5) is 0 Å². The minimum Gasteiger partial charge on any atom is -0.370 e. The van der Waals surface area contributed by atoms with Crippen LogP contribution < -0.4 is 5.73 Å². The van der Waals surface area contributed by atoms with Gasteiger partial charge in [0, 0.05) is 36.3 Å². The third-order valence-corrected chi connectivity index (χ3v) is 6.43. The lowest BCUT2D eigenvalue weighted by molar-refractivity contribution is -0.115. The Kier molecular flexibility index (Phi) is 6.63. The van der Waals surface area contributed by atoms with Crippen molar-refractivity contribution in [3.05, 3.63) is 80.5 Å². The predicted molar refractivity (Wildman–Crippen MR) is 134 cm³/mol. The number of benzene rings is 1. The number of carbonyl (C=O) groups is 1. The maximum atomic E-state index is 9.22. The highest BCUT2D eigenvalue weighted by atomic mass is 35.5. The van der Waals surface area contributed by atoms with Gasteiger partial charge in [-0.1, -0.05) is 35.6 Å². The normalized spacial score (nSPS) is 11.7. The zero-order valence-corrected chi connectivity index (χ0v) is 20.7. The van der Waals surface area contributed by atoms with Gasteiger partial charge in [-0.2, -0.15) is 5.10 Å². The van der Waals surface area contributed by atoms with Crippen LogP contribution >= 0.6 is 22.9 Å². The van der Waals surface area contributed by atoms with Crippen LogP contribution in [-0.2, 0) is 18.4 Å². The fourth-order valence-electron chi connectivity index (χ4n) is 3.51. The molecular weight excluding hydrogens is 470 g/mol. The summed E-state index contributed by atoms with van der Waals surface area (Å²) in [5.74, 6) is 7.88. The first-order valence-corrected chi connectivity index (χ1v) is 11.6. The molecule has 0 saturated heterocycles. The highest BCUT2D eigenvalue weighted by molar-refractivity contribution is 7.15. The Morgan fingerprint density at radius 3 is 2.53 bits per heavy atom. The zero-order chi connectivity index (χ0) is 24.4. The number of aryl methyl sites for hydroxylation is 2. The van der Waals surface area contributed by atoms with Crippen molar-refractivity contribution in [1.29, 1.82) is 0 Å². The summed E-state index contributed by atoms with van der Waals surface area (Å²) in [6.07, 6.45) is 3.67. The van der Waals surface area contributed by atoms with Crippen LogP contribution in [0.25, 0.3) is 5.00 Å². The summed E-state index contributed by atoms with van der Waals surface area (Å²) in [6, 6.07) is 7.78. The molecule has 0 spiro atoms. The molecule has 4 aromatic rings. The van der Waals surface area contributed by atoms with Gasteiger partial charge in [0.1, 0.15) is 17.4 Å². The average molecular weight is 492 g/mol. The number of primary amides is 1. The lowest BCUT2D eigenvalue weighted by Crippen LogP contribution is -2.07. The van der Waals surface area contributed by atoms with E-state index in [1.807, 2.05) is 44.4 Å². The van der Waals surface area contributed by atoms with Gasteiger partial charge in [-0.15, -0.1) is 21.5 Å². The number of fused-ring (bicyclic) bond motifs is 3. The number of nitrogens with zero attached hydrogens (tertiary/aromatic N) is 6. The Morgan fingerprint density at radius 1 is 1.18 bits per heavy atom. The number of carbonyl (C=O) groups excluding carboxylic acids is 1. The molecule has 1 amide bonds. The molecule has 10 heteroatoms. The zero-order valence-electron chi connectivity index (χ0n) is 19.1. The van der Waals surface area contributed by atoms with Gasteiger partial charge in [-0.05, 0) is 31.5 Å². The number of amides is 1. The molecule has 0 radical (unpaired) electrons. The Bertz CT molecular complexity index is 1460. The van der Waals surface area contributed by atoms with E-state index in [1.54, 1.807) is 22.2 Å². The summed E-state index contributed by atoms with van der Waals surface area (Å²) < 4.78 is 3.84. The van der Waals surface area contributed by atoms with E-state index in [-0.39, 0.29) is 5.91 Å². The average Bonchev–Trinajstić information content (AvgIpc) is 3.42. The van der Waals surface area contributed by atoms with Gasteiger partial charge in [0.15, 0.2) is 5.82 Å². The molecule has 0 aliphatic carbocycles. The maximum Gasteiger partial charge on any atom is 0.214 e. The summed E-state index contributed by atoms with van der Waals surface area (Å²) in [5, 5.41) is 14.5. The van der Waals surface area contributed by atoms with Gasteiger partial charge in [-0.25, -0.2) is 0 Å². The van der Waals surface area contributed by atoms with E-state index < -0.39 is 0 Å². The number of hydrogen-bond donors (Lipinski definition) is 1. The number of thiophene rings is 1. The van der Waals surface area contributed by atoms with Crippen LogP contribution in [0.5, 0.6) is 0 Å². The molecule has 172 valence electrons. The SMILES string of the molecule is CC(N)=O.Cc1c(C#Cc2cnn(C)c2)sc2c1C(c1ccc(Cl)cc1)=NCc1nnc(C)n1-2. The largest absolute Gasteiger partial charge is 0.370 e. The van der Waals surface area contributed by atoms with E-state index in [4.69, 9.17) is 16.6 Å². The standard InChI is InChI=1S/C22H17ClN6S.C2H5NO/c1-13-18(9-4-15-10-25-28(3)12-15)30-22-20(13)21(16-5-7-17(23)8-6-16)24-11-19-27-26-14(2)29(19)22;1-2(3)4/h5-8,10,12H,11H2,1-3H3;1H3,(H2,3,4). The monoisotopic (exact) mass is 491 g/mol. The number of hydrogen-bond acceptors (Lipinski definition) is 6. The molecule has 8 nitrogen and oxygen atoms in total. The van der Waals surface area contributed by atoms with Crippen LogP contribution in [0, 0.1) is 25.7 Å². The third-order valence-electron chi connectivity index (χ3n) is 4.98. The van der Waals surface area contributed by atoms with Gasteiger partial charge in [-0.3, -0.25) is 19.0 Å². The van der Waals surface area contributed by atoms with E-state index in [9.17, 15) is 4.79 Å². The third kappa shape index (κ3) is 4.78. The summed E-state index contributed by atoms with van der Waals surface area (Å²) in [7, 11) is 1.88. The Labute approximate surface area is 206 Å². The number of aromatic nitrogens is 5. The van der Waals surface area contributed by atoms with Crippen LogP contribution in [-0.4, -0.2) is 36.2 Å². The summed E-state index contributed by atoms with van der Waals surface area (Å²) in [5.41, 5.74) is 9.47. The van der Waals surface area contributed by atoms with Crippen LogP contribution in [0.3, 0.4) is 0 Å². The second-order valence-electron chi connectivity index (χ2n) is 7.67. The fourth-order valence-corrected chi connectivity index (χ4v) is 4.87. The second kappa shape index (κ2) is 9.63. The smallest absolute Gasteiger partial charge is 0.214 e. The lowest BCUT2D eigenvalue weighted by atomic mass is 10.00. The van der Waals surface area contributed by atoms with Gasteiger partial charge < -0.3 is 5.73 Å². The minimum absolute atomic E-state index is 0.333. The first-order chi connectivity index (χ1) is 16.2. The Hall–Kier alpha value is -3.74. The highest BCUT2D eigenvalue weighted by Crippen LogP contribution is 2.36. The minimum atomic E-state index is -0.333. The van der Waals surface area contributed by atoms with Crippen LogP contribution in [0.2, 0.25) is 5.02 Å². The molecular formula is C24H22ClN7OS. The van der Waals surface area contributed by atoms with Crippen molar-refractivity contribution in [3.63, 3.8) is 0 Å². The van der Waals surface area contributed by atoms with Crippen molar-refractivity contribution < 1.29 is 4.79 Å². The number of rotatable bonds is 1. The molecule has 1 aliphatic heterocycles.